The predicted octanol–water partition coefficient (Wildman–Crippen LogP) is 0.0354. The van der Waals surface area contributed by atoms with Crippen molar-refractivity contribution in [2.45, 2.75) is 38.6 Å². The molecule has 0 aliphatic carbocycles. The number of hydrogen-bond acceptors (Lipinski definition) is 4. The fraction of sp³-hybridized carbons (Fsp3) is 0.833. The van der Waals surface area contributed by atoms with Gasteiger partial charge in [-0.25, -0.2) is 4.79 Å². The Hall–Kier alpha value is -1.14. The number of rotatable bonds is 5. The van der Waals surface area contributed by atoms with Crippen molar-refractivity contribution < 1.29 is 9.59 Å². The van der Waals surface area contributed by atoms with Gasteiger partial charge in [0, 0.05) is 19.1 Å². The standard InChI is InChI=1S/C12H24N4O2/c1-2-3-6-14-12(18)15-11(17)9-16-7-4-5-10(13)8-16/h10H,2-9,13H2,1H3,(H2,14,15,17,18)/t10-/m1/s1. The summed E-state index contributed by atoms with van der Waals surface area (Å²) in [7, 11) is 0. The number of hydrogen-bond donors (Lipinski definition) is 3. The van der Waals surface area contributed by atoms with Crippen LogP contribution in [0.4, 0.5) is 4.79 Å². The number of likely N-dealkylation sites (tertiary alicyclic amines) is 1. The van der Waals surface area contributed by atoms with E-state index in [0.29, 0.717) is 6.54 Å². The summed E-state index contributed by atoms with van der Waals surface area (Å²) in [6.45, 7) is 4.49. The molecule has 3 amide bonds. The van der Waals surface area contributed by atoms with Gasteiger partial charge >= 0.3 is 6.03 Å². The van der Waals surface area contributed by atoms with Gasteiger partial charge in [0.05, 0.1) is 6.54 Å². The van der Waals surface area contributed by atoms with Crippen LogP contribution in [0, 0.1) is 0 Å². The van der Waals surface area contributed by atoms with Gasteiger partial charge in [-0.1, -0.05) is 13.3 Å². The molecule has 0 saturated carbocycles. The van der Waals surface area contributed by atoms with Crippen molar-refractivity contribution in [2.24, 2.45) is 5.73 Å². The van der Waals surface area contributed by atoms with Gasteiger partial charge in [-0.2, -0.15) is 0 Å². The summed E-state index contributed by atoms with van der Waals surface area (Å²) in [5.74, 6) is -0.266. The Labute approximate surface area is 108 Å². The summed E-state index contributed by atoms with van der Waals surface area (Å²) >= 11 is 0. The van der Waals surface area contributed by atoms with Crippen molar-refractivity contribution in [1.82, 2.24) is 15.5 Å². The van der Waals surface area contributed by atoms with Crippen LogP contribution >= 0.6 is 0 Å². The third-order valence-corrected chi connectivity index (χ3v) is 2.98. The molecule has 4 N–H and O–H groups in total. The second kappa shape index (κ2) is 8.05. The van der Waals surface area contributed by atoms with Crippen LogP contribution < -0.4 is 16.4 Å². The maximum Gasteiger partial charge on any atom is 0.321 e. The third kappa shape index (κ3) is 5.97. The zero-order valence-corrected chi connectivity index (χ0v) is 11.1. The Kier molecular flexibility index (Phi) is 6.67. The highest BCUT2D eigenvalue weighted by atomic mass is 16.2. The molecule has 104 valence electrons. The number of unbranched alkanes of at least 4 members (excludes halogenated alkanes) is 1. The lowest BCUT2D eigenvalue weighted by atomic mass is 10.1. The minimum absolute atomic E-state index is 0.143. The van der Waals surface area contributed by atoms with Crippen molar-refractivity contribution in [3.63, 3.8) is 0 Å². The summed E-state index contributed by atoms with van der Waals surface area (Å²) in [5.41, 5.74) is 5.83. The topological polar surface area (TPSA) is 87.5 Å². The molecule has 1 aliphatic heterocycles. The van der Waals surface area contributed by atoms with Gasteiger partial charge in [0.15, 0.2) is 0 Å². The molecule has 0 bridgehead atoms. The fourth-order valence-corrected chi connectivity index (χ4v) is 2.03. The molecule has 6 heteroatoms. The van der Waals surface area contributed by atoms with Crippen LogP contribution in [-0.4, -0.2) is 49.1 Å². The number of urea groups is 1. The van der Waals surface area contributed by atoms with Crippen LogP contribution in [-0.2, 0) is 4.79 Å². The van der Waals surface area contributed by atoms with E-state index in [0.717, 1.165) is 38.8 Å². The Morgan fingerprint density at radius 2 is 2.22 bits per heavy atom. The van der Waals surface area contributed by atoms with Crippen LogP contribution in [0.15, 0.2) is 0 Å². The van der Waals surface area contributed by atoms with Gasteiger partial charge in [-0.15, -0.1) is 0 Å². The smallest absolute Gasteiger partial charge is 0.321 e. The molecule has 6 nitrogen and oxygen atoms in total. The van der Waals surface area contributed by atoms with E-state index in [1.165, 1.54) is 0 Å². The molecule has 1 aliphatic rings. The lowest BCUT2D eigenvalue weighted by Crippen LogP contribution is -2.49. The average Bonchev–Trinajstić information content (AvgIpc) is 2.29. The maximum atomic E-state index is 11.6. The molecule has 1 saturated heterocycles. The average molecular weight is 256 g/mol. The second-order valence-corrected chi connectivity index (χ2v) is 4.80. The van der Waals surface area contributed by atoms with Crippen LogP contribution in [0.5, 0.6) is 0 Å². The largest absolute Gasteiger partial charge is 0.338 e. The lowest BCUT2D eigenvalue weighted by Gasteiger charge is -2.29. The summed E-state index contributed by atoms with van der Waals surface area (Å²) in [5, 5.41) is 4.98. The zero-order valence-electron chi connectivity index (χ0n) is 11.1. The number of amides is 3. The molecule has 1 atom stereocenters. The highest BCUT2D eigenvalue weighted by Gasteiger charge is 2.19. The minimum atomic E-state index is -0.408. The summed E-state index contributed by atoms with van der Waals surface area (Å²) in [4.78, 5) is 24.9. The van der Waals surface area contributed by atoms with E-state index in [-0.39, 0.29) is 18.5 Å². The SMILES string of the molecule is CCCCNC(=O)NC(=O)CN1CCC[C@@H](N)C1. The van der Waals surface area contributed by atoms with Gasteiger partial charge in [0.2, 0.25) is 5.91 Å². The number of carbonyl (C=O) groups is 2. The number of carbonyl (C=O) groups excluding carboxylic acids is 2. The number of imide groups is 1. The highest BCUT2D eigenvalue weighted by Crippen LogP contribution is 2.07. The Morgan fingerprint density at radius 3 is 2.89 bits per heavy atom. The molecule has 18 heavy (non-hydrogen) atoms. The van der Waals surface area contributed by atoms with Crippen molar-refractivity contribution in [3.05, 3.63) is 0 Å². The Bertz CT molecular complexity index is 283. The van der Waals surface area contributed by atoms with Crippen LogP contribution in [0.25, 0.3) is 0 Å². The quantitative estimate of drug-likeness (QED) is 0.606. The molecule has 0 aromatic carbocycles. The fourth-order valence-electron chi connectivity index (χ4n) is 2.03. The molecule has 0 aromatic rings. The van der Waals surface area contributed by atoms with Gasteiger partial charge in [-0.3, -0.25) is 15.0 Å². The summed E-state index contributed by atoms with van der Waals surface area (Å²) in [6, 6.07) is -0.264. The van der Waals surface area contributed by atoms with E-state index in [9.17, 15) is 9.59 Å². The van der Waals surface area contributed by atoms with E-state index >= 15 is 0 Å². The number of nitrogens with one attached hydrogen (secondary N) is 2. The maximum absolute atomic E-state index is 11.6. The van der Waals surface area contributed by atoms with E-state index in [2.05, 4.69) is 10.6 Å². The van der Waals surface area contributed by atoms with Gasteiger partial charge in [0.25, 0.3) is 0 Å². The minimum Gasteiger partial charge on any atom is -0.338 e. The first-order chi connectivity index (χ1) is 8.61. The summed E-state index contributed by atoms with van der Waals surface area (Å²) in [6.07, 6.45) is 3.95. The molecule has 1 fully saturated rings. The van der Waals surface area contributed by atoms with Crippen LogP contribution in [0.2, 0.25) is 0 Å². The van der Waals surface area contributed by atoms with Crippen LogP contribution in [0.1, 0.15) is 32.6 Å². The van der Waals surface area contributed by atoms with E-state index in [1.807, 2.05) is 11.8 Å². The molecule has 0 spiro atoms. The first-order valence-corrected chi connectivity index (χ1v) is 6.67. The first kappa shape index (κ1) is 14.9. The van der Waals surface area contributed by atoms with E-state index in [1.54, 1.807) is 0 Å². The van der Waals surface area contributed by atoms with Gasteiger partial charge in [0.1, 0.15) is 0 Å². The lowest BCUT2D eigenvalue weighted by molar-refractivity contribution is -0.121. The van der Waals surface area contributed by atoms with E-state index < -0.39 is 6.03 Å². The molecular weight excluding hydrogens is 232 g/mol. The van der Waals surface area contributed by atoms with Crippen molar-refractivity contribution in [3.8, 4) is 0 Å². The monoisotopic (exact) mass is 256 g/mol. The predicted molar refractivity (Wildman–Crippen MR) is 70.1 cm³/mol. The second-order valence-electron chi connectivity index (χ2n) is 4.80. The molecular formula is C12H24N4O2. The van der Waals surface area contributed by atoms with Crippen LogP contribution in [0.3, 0.4) is 0 Å². The summed E-state index contributed by atoms with van der Waals surface area (Å²) < 4.78 is 0. The van der Waals surface area contributed by atoms with Crippen molar-refractivity contribution in [2.75, 3.05) is 26.2 Å². The number of piperidine rings is 1. The van der Waals surface area contributed by atoms with Gasteiger partial charge < -0.3 is 11.1 Å². The molecule has 0 radical (unpaired) electrons. The number of nitrogens with zero attached hydrogens (tertiary/aromatic N) is 1. The zero-order chi connectivity index (χ0) is 13.4. The normalized spacial score (nSPS) is 20.4. The van der Waals surface area contributed by atoms with E-state index in [4.69, 9.17) is 5.73 Å². The molecule has 0 unspecified atom stereocenters. The Morgan fingerprint density at radius 1 is 1.44 bits per heavy atom. The molecule has 1 heterocycles. The van der Waals surface area contributed by atoms with Gasteiger partial charge in [-0.05, 0) is 25.8 Å². The van der Waals surface area contributed by atoms with Crippen molar-refractivity contribution in [1.29, 1.82) is 0 Å². The van der Waals surface area contributed by atoms with Crippen molar-refractivity contribution >= 4 is 11.9 Å². The highest BCUT2D eigenvalue weighted by molar-refractivity contribution is 5.95. The first-order valence-electron chi connectivity index (χ1n) is 6.67. The third-order valence-electron chi connectivity index (χ3n) is 2.98. The Balaban J connectivity index is 2.18. The molecule has 0 aromatic heterocycles. The number of nitrogens with two attached hydrogens (primary N) is 1. The molecule has 1 rings (SSSR count).